The Bertz CT molecular complexity index is 389. The first kappa shape index (κ1) is 18.2. The van der Waals surface area contributed by atoms with Crippen LogP contribution in [0.4, 0.5) is 0 Å². The summed E-state index contributed by atoms with van der Waals surface area (Å²) >= 11 is 0. The van der Waals surface area contributed by atoms with Gasteiger partial charge in [-0.1, -0.05) is 41.5 Å². The van der Waals surface area contributed by atoms with Crippen LogP contribution in [0.5, 0.6) is 0 Å². The van der Waals surface area contributed by atoms with E-state index in [1.165, 1.54) is 18.7 Å². The Kier molecular flexibility index (Phi) is 7.44. The highest BCUT2D eigenvalue weighted by Crippen LogP contribution is 2.27. The minimum absolute atomic E-state index is 0.414. The summed E-state index contributed by atoms with van der Waals surface area (Å²) in [7, 11) is 0. The molecule has 0 saturated carbocycles. The summed E-state index contributed by atoms with van der Waals surface area (Å²) in [5, 5.41) is 3.65. The number of likely N-dealkylation sites (N-methyl/N-ethyl adjacent to an activating group) is 1. The monoisotopic (exact) mass is 293 g/mol. The fourth-order valence-electron chi connectivity index (χ4n) is 3.34. The van der Waals surface area contributed by atoms with Gasteiger partial charge < -0.3 is 9.88 Å². The molecule has 2 atom stereocenters. The number of aryl methyl sites for hydroxylation is 1. The summed E-state index contributed by atoms with van der Waals surface area (Å²) in [5.74, 6) is 1.97. The predicted octanol–water partition coefficient (Wildman–Crippen LogP) is 4.28. The van der Waals surface area contributed by atoms with Crippen LogP contribution in [0, 0.1) is 11.3 Å². The van der Waals surface area contributed by atoms with Gasteiger partial charge in [-0.25, -0.2) is 4.98 Å². The van der Waals surface area contributed by atoms with Gasteiger partial charge in [-0.05, 0) is 37.1 Å². The second-order valence-corrected chi connectivity index (χ2v) is 7.60. The van der Waals surface area contributed by atoms with E-state index in [1.807, 2.05) is 6.20 Å². The molecule has 0 aliphatic heterocycles. The van der Waals surface area contributed by atoms with Gasteiger partial charge in [-0.15, -0.1) is 0 Å². The standard InChI is InChI=1S/C18H35N3/c1-7-10-21-11-9-20-17(21)13-16(19-8-2)12-15(3)14-18(4,5)6/h9,11,15-16,19H,7-8,10,12-14H2,1-6H3. The molecule has 0 spiro atoms. The van der Waals surface area contributed by atoms with E-state index in [-0.39, 0.29) is 0 Å². The zero-order valence-corrected chi connectivity index (χ0v) is 14.9. The van der Waals surface area contributed by atoms with E-state index < -0.39 is 0 Å². The Labute approximate surface area is 131 Å². The molecule has 2 unspecified atom stereocenters. The first-order valence-corrected chi connectivity index (χ1v) is 8.59. The third kappa shape index (κ3) is 7.12. The van der Waals surface area contributed by atoms with Crippen LogP contribution in [0.2, 0.25) is 0 Å². The maximum Gasteiger partial charge on any atom is 0.110 e. The maximum atomic E-state index is 4.56. The van der Waals surface area contributed by atoms with Crippen molar-refractivity contribution in [3.63, 3.8) is 0 Å². The molecule has 122 valence electrons. The van der Waals surface area contributed by atoms with Crippen molar-refractivity contribution in [1.29, 1.82) is 0 Å². The molecule has 0 aromatic carbocycles. The van der Waals surface area contributed by atoms with E-state index >= 15 is 0 Å². The van der Waals surface area contributed by atoms with Gasteiger partial charge in [0.1, 0.15) is 5.82 Å². The average Bonchev–Trinajstić information content (AvgIpc) is 2.75. The molecule has 1 aromatic rings. The largest absolute Gasteiger partial charge is 0.335 e. The first-order chi connectivity index (χ1) is 9.85. The molecule has 0 saturated heterocycles. The van der Waals surface area contributed by atoms with E-state index in [2.05, 4.69) is 62.6 Å². The van der Waals surface area contributed by atoms with Gasteiger partial charge in [-0.3, -0.25) is 0 Å². The van der Waals surface area contributed by atoms with Gasteiger partial charge in [0.05, 0.1) is 0 Å². The van der Waals surface area contributed by atoms with E-state index in [0.717, 1.165) is 31.8 Å². The van der Waals surface area contributed by atoms with Crippen molar-refractivity contribution in [3.8, 4) is 0 Å². The highest BCUT2D eigenvalue weighted by molar-refractivity contribution is 4.96. The Morgan fingerprint density at radius 1 is 1.29 bits per heavy atom. The Balaban J connectivity index is 2.62. The SMILES string of the molecule is CCCn1ccnc1CC(CC(C)CC(C)(C)C)NCC. The van der Waals surface area contributed by atoms with Gasteiger partial charge in [0.2, 0.25) is 0 Å². The van der Waals surface area contributed by atoms with Crippen molar-refractivity contribution in [2.45, 2.75) is 79.8 Å². The molecule has 0 fully saturated rings. The average molecular weight is 293 g/mol. The second-order valence-electron chi connectivity index (χ2n) is 7.60. The molecule has 3 heteroatoms. The van der Waals surface area contributed by atoms with Crippen LogP contribution in [-0.2, 0) is 13.0 Å². The minimum atomic E-state index is 0.414. The smallest absolute Gasteiger partial charge is 0.110 e. The fraction of sp³-hybridized carbons (Fsp3) is 0.833. The molecule has 0 amide bonds. The number of hydrogen-bond donors (Lipinski definition) is 1. The third-order valence-electron chi connectivity index (χ3n) is 3.84. The van der Waals surface area contributed by atoms with Crippen LogP contribution in [0.3, 0.4) is 0 Å². The van der Waals surface area contributed by atoms with Crippen molar-refractivity contribution < 1.29 is 0 Å². The molecule has 1 aromatic heterocycles. The number of nitrogens with zero attached hydrogens (tertiary/aromatic N) is 2. The number of nitrogens with one attached hydrogen (secondary N) is 1. The first-order valence-electron chi connectivity index (χ1n) is 8.59. The minimum Gasteiger partial charge on any atom is -0.335 e. The van der Waals surface area contributed by atoms with Crippen molar-refractivity contribution in [3.05, 3.63) is 18.2 Å². The van der Waals surface area contributed by atoms with E-state index in [0.29, 0.717) is 11.5 Å². The summed E-state index contributed by atoms with van der Waals surface area (Å²) in [4.78, 5) is 4.56. The van der Waals surface area contributed by atoms with Gasteiger partial charge in [0.15, 0.2) is 0 Å². The normalized spacial score (nSPS) is 15.1. The Morgan fingerprint density at radius 3 is 2.57 bits per heavy atom. The third-order valence-corrected chi connectivity index (χ3v) is 3.84. The van der Waals surface area contributed by atoms with Crippen molar-refractivity contribution in [1.82, 2.24) is 14.9 Å². The quantitative estimate of drug-likeness (QED) is 0.736. The van der Waals surface area contributed by atoms with Crippen LogP contribution < -0.4 is 5.32 Å². The van der Waals surface area contributed by atoms with Crippen molar-refractivity contribution in [2.75, 3.05) is 6.54 Å². The molecule has 1 N–H and O–H groups in total. The highest BCUT2D eigenvalue weighted by Gasteiger charge is 2.20. The van der Waals surface area contributed by atoms with Crippen LogP contribution in [0.15, 0.2) is 12.4 Å². The maximum absolute atomic E-state index is 4.56. The molecular formula is C18H35N3. The molecule has 1 heterocycles. The topological polar surface area (TPSA) is 29.9 Å². The lowest BCUT2D eigenvalue weighted by Gasteiger charge is -2.27. The van der Waals surface area contributed by atoms with Crippen LogP contribution >= 0.6 is 0 Å². The van der Waals surface area contributed by atoms with Gasteiger partial charge in [-0.2, -0.15) is 0 Å². The predicted molar refractivity (Wildman–Crippen MR) is 91.5 cm³/mol. The van der Waals surface area contributed by atoms with Crippen molar-refractivity contribution in [2.24, 2.45) is 11.3 Å². The van der Waals surface area contributed by atoms with Crippen LogP contribution in [0.25, 0.3) is 0 Å². The Hall–Kier alpha value is -0.830. The fourth-order valence-corrected chi connectivity index (χ4v) is 3.34. The lowest BCUT2D eigenvalue weighted by Crippen LogP contribution is -2.34. The number of rotatable bonds is 9. The second kappa shape index (κ2) is 8.57. The molecule has 3 nitrogen and oxygen atoms in total. The van der Waals surface area contributed by atoms with Crippen molar-refractivity contribution >= 4 is 0 Å². The van der Waals surface area contributed by atoms with Crippen LogP contribution in [-0.4, -0.2) is 22.1 Å². The molecular weight excluding hydrogens is 258 g/mol. The summed E-state index contributed by atoms with van der Waals surface area (Å²) in [6.45, 7) is 15.9. The van der Waals surface area contributed by atoms with E-state index in [4.69, 9.17) is 0 Å². The number of hydrogen-bond acceptors (Lipinski definition) is 2. The molecule has 0 aliphatic carbocycles. The Morgan fingerprint density at radius 2 is 2.00 bits per heavy atom. The highest BCUT2D eigenvalue weighted by atomic mass is 15.1. The van der Waals surface area contributed by atoms with Gasteiger partial charge >= 0.3 is 0 Å². The molecule has 1 rings (SSSR count). The molecule has 0 bridgehead atoms. The lowest BCUT2D eigenvalue weighted by molar-refractivity contribution is 0.273. The summed E-state index contributed by atoms with van der Waals surface area (Å²) in [6.07, 6.45) is 8.75. The van der Waals surface area contributed by atoms with E-state index in [1.54, 1.807) is 0 Å². The van der Waals surface area contributed by atoms with Crippen LogP contribution in [0.1, 0.15) is 66.6 Å². The summed E-state index contributed by atoms with van der Waals surface area (Å²) in [5.41, 5.74) is 0.414. The zero-order valence-electron chi connectivity index (χ0n) is 14.9. The number of imidazole rings is 1. The number of aromatic nitrogens is 2. The van der Waals surface area contributed by atoms with E-state index in [9.17, 15) is 0 Å². The molecule has 21 heavy (non-hydrogen) atoms. The summed E-state index contributed by atoms with van der Waals surface area (Å²) in [6, 6.07) is 0.533. The van der Waals surface area contributed by atoms with Gasteiger partial charge in [0.25, 0.3) is 0 Å². The molecule has 0 aliphatic rings. The lowest BCUT2D eigenvalue weighted by atomic mass is 9.82. The van der Waals surface area contributed by atoms with Gasteiger partial charge in [0, 0.05) is 31.4 Å². The zero-order chi connectivity index (χ0) is 15.9. The molecule has 0 radical (unpaired) electrons. The summed E-state index contributed by atoms with van der Waals surface area (Å²) < 4.78 is 2.30.